The van der Waals surface area contributed by atoms with Crippen molar-refractivity contribution in [3.63, 3.8) is 0 Å². The largest absolute Gasteiger partial charge is 0.478 e. The van der Waals surface area contributed by atoms with Gasteiger partial charge in [-0.1, -0.05) is 13.0 Å². The molecule has 21 heavy (non-hydrogen) atoms. The van der Waals surface area contributed by atoms with Crippen molar-refractivity contribution in [2.24, 2.45) is 0 Å². The summed E-state index contributed by atoms with van der Waals surface area (Å²) in [6, 6.07) is 4.06. The van der Waals surface area contributed by atoms with Crippen LogP contribution in [-0.4, -0.2) is 39.3 Å². The van der Waals surface area contributed by atoms with Crippen molar-refractivity contribution in [2.75, 3.05) is 19.8 Å². The van der Waals surface area contributed by atoms with Crippen LogP contribution >= 0.6 is 0 Å². The number of carboxylic acid groups (broad SMARTS) is 1. The molecular formula is C14H21NO5S. The standard InChI is InChI=1S/C14H21NO5S/c1-3-8-20-9-4-7-15-21(18,19)12-6-5-11(2)13(10-12)14(16)17/h5-6,10,15H,3-4,7-9H2,1-2H3,(H,16,17). The van der Waals surface area contributed by atoms with Gasteiger partial charge in [0.05, 0.1) is 10.5 Å². The maximum atomic E-state index is 12.1. The van der Waals surface area contributed by atoms with Crippen LogP contribution in [0.2, 0.25) is 0 Å². The quantitative estimate of drug-likeness (QED) is 0.678. The van der Waals surface area contributed by atoms with E-state index in [0.29, 0.717) is 25.2 Å². The third-order valence-corrected chi connectivity index (χ3v) is 4.31. The van der Waals surface area contributed by atoms with Gasteiger partial charge in [-0.3, -0.25) is 0 Å². The third-order valence-electron chi connectivity index (χ3n) is 2.86. The zero-order chi connectivity index (χ0) is 15.9. The highest BCUT2D eigenvalue weighted by molar-refractivity contribution is 7.89. The van der Waals surface area contributed by atoms with Crippen molar-refractivity contribution in [1.29, 1.82) is 0 Å². The third kappa shape index (κ3) is 5.45. The van der Waals surface area contributed by atoms with E-state index in [-0.39, 0.29) is 17.0 Å². The fraction of sp³-hybridized carbons (Fsp3) is 0.500. The molecule has 0 fully saturated rings. The summed E-state index contributed by atoms with van der Waals surface area (Å²) < 4.78 is 31.8. The van der Waals surface area contributed by atoms with Crippen molar-refractivity contribution in [1.82, 2.24) is 4.72 Å². The van der Waals surface area contributed by atoms with Crippen LogP contribution in [0.15, 0.2) is 23.1 Å². The zero-order valence-corrected chi connectivity index (χ0v) is 13.1. The fourth-order valence-corrected chi connectivity index (χ4v) is 2.81. The lowest BCUT2D eigenvalue weighted by Gasteiger charge is -2.09. The van der Waals surface area contributed by atoms with E-state index >= 15 is 0 Å². The molecule has 1 aromatic carbocycles. The first-order valence-corrected chi connectivity index (χ1v) is 8.28. The number of aromatic carboxylic acids is 1. The Morgan fingerprint density at radius 3 is 2.67 bits per heavy atom. The maximum Gasteiger partial charge on any atom is 0.335 e. The van der Waals surface area contributed by atoms with Crippen LogP contribution in [0, 0.1) is 6.92 Å². The van der Waals surface area contributed by atoms with Crippen molar-refractivity contribution in [3.8, 4) is 0 Å². The van der Waals surface area contributed by atoms with Crippen molar-refractivity contribution in [2.45, 2.75) is 31.6 Å². The number of benzene rings is 1. The Bertz CT molecular complexity index is 583. The molecule has 0 radical (unpaired) electrons. The lowest BCUT2D eigenvalue weighted by Crippen LogP contribution is -2.26. The second kappa shape index (κ2) is 8.11. The minimum atomic E-state index is -3.69. The summed E-state index contributed by atoms with van der Waals surface area (Å²) in [5.74, 6) is -1.14. The molecule has 0 amide bonds. The number of rotatable bonds is 9. The average Bonchev–Trinajstić information content (AvgIpc) is 2.42. The molecule has 1 aromatic rings. The number of hydrogen-bond acceptors (Lipinski definition) is 4. The maximum absolute atomic E-state index is 12.1. The monoisotopic (exact) mass is 315 g/mol. The Morgan fingerprint density at radius 2 is 2.05 bits per heavy atom. The Kier molecular flexibility index (Phi) is 6.80. The van der Waals surface area contributed by atoms with E-state index < -0.39 is 16.0 Å². The highest BCUT2D eigenvalue weighted by Gasteiger charge is 2.17. The van der Waals surface area contributed by atoms with Gasteiger partial charge in [-0.25, -0.2) is 17.9 Å². The molecule has 1 rings (SSSR count). The number of aryl methyl sites for hydroxylation is 1. The summed E-state index contributed by atoms with van der Waals surface area (Å²) in [6.07, 6.45) is 1.49. The van der Waals surface area contributed by atoms with Crippen molar-refractivity contribution < 1.29 is 23.1 Å². The van der Waals surface area contributed by atoms with E-state index in [1.165, 1.54) is 18.2 Å². The number of carbonyl (C=O) groups is 1. The number of nitrogens with one attached hydrogen (secondary N) is 1. The van der Waals surface area contributed by atoms with Gasteiger partial charge in [0.2, 0.25) is 10.0 Å². The molecule has 0 unspecified atom stereocenters. The van der Waals surface area contributed by atoms with E-state index in [0.717, 1.165) is 6.42 Å². The molecule has 6 nitrogen and oxygen atoms in total. The Labute approximate surface area is 125 Å². The van der Waals surface area contributed by atoms with Gasteiger partial charge in [0.25, 0.3) is 0 Å². The SMILES string of the molecule is CCCOCCCNS(=O)(=O)c1ccc(C)c(C(=O)O)c1. The van der Waals surface area contributed by atoms with E-state index in [9.17, 15) is 13.2 Å². The molecule has 0 bridgehead atoms. The summed E-state index contributed by atoms with van der Waals surface area (Å²) in [5.41, 5.74) is 0.513. The van der Waals surface area contributed by atoms with Gasteiger partial charge >= 0.3 is 5.97 Å². The van der Waals surface area contributed by atoms with E-state index in [1.54, 1.807) is 6.92 Å². The molecule has 2 N–H and O–H groups in total. The van der Waals surface area contributed by atoms with Crippen LogP contribution < -0.4 is 4.72 Å². The first-order valence-electron chi connectivity index (χ1n) is 6.80. The van der Waals surface area contributed by atoms with Crippen molar-refractivity contribution >= 4 is 16.0 Å². The van der Waals surface area contributed by atoms with Gasteiger partial charge in [-0.15, -0.1) is 0 Å². The molecular weight excluding hydrogens is 294 g/mol. The fourth-order valence-electron chi connectivity index (χ4n) is 1.71. The summed E-state index contributed by atoms with van der Waals surface area (Å²) >= 11 is 0. The molecule has 0 atom stereocenters. The van der Waals surface area contributed by atoms with Crippen LogP contribution in [0.3, 0.4) is 0 Å². The molecule has 0 aliphatic rings. The second-order valence-corrected chi connectivity index (χ2v) is 6.41. The molecule has 118 valence electrons. The van der Waals surface area contributed by atoms with Crippen molar-refractivity contribution in [3.05, 3.63) is 29.3 Å². The molecule has 7 heteroatoms. The van der Waals surface area contributed by atoms with Gasteiger partial charge in [0.1, 0.15) is 0 Å². The molecule has 0 aromatic heterocycles. The minimum Gasteiger partial charge on any atom is -0.478 e. The summed E-state index contributed by atoms with van der Waals surface area (Å²) in [5, 5.41) is 9.02. The van der Waals surface area contributed by atoms with Gasteiger partial charge < -0.3 is 9.84 Å². The van der Waals surface area contributed by atoms with Gasteiger partial charge in [0.15, 0.2) is 0 Å². The normalized spacial score (nSPS) is 11.5. The smallest absolute Gasteiger partial charge is 0.335 e. The van der Waals surface area contributed by atoms with Crippen LogP contribution in [0.25, 0.3) is 0 Å². The topological polar surface area (TPSA) is 92.7 Å². The first kappa shape index (κ1) is 17.6. The van der Waals surface area contributed by atoms with E-state index in [4.69, 9.17) is 9.84 Å². The average molecular weight is 315 g/mol. The summed E-state index contributed by atoms with van der Waals surface area (Å²) in [4.78, 5) is 11.0. The molecule has 0 saturated carbocycles. The van der Waals surface area contributed by atoms with Crippen LogP contribution in [-0.2, 0) is 14.8 Å². The Morgan fingerprint density at radius 1 is 1.33 bits per heavy atom. The second-order valence-electron chi connectivity index (χ2n) is 4.65. The number of carboxylic acids is 1. The van der Waals surface area contributed by atoms with Gasteiger partial charge in [-0.2, -0.15) is 0 Å². The van der Waals surface area contributed by atoms with Gasteiger partial charge in [0, 0.05) is 19.8 Å². The van der Waals surface area contributed by atoms with Crippen LogP contribution in [0.5, 0.6) is 0 Å². The summed E-state index contributed by atoms with van der Waals surface area (Å²) in [6.45, 7) is 5.03. The number of sulfonamides is 1. The molecule has 0 aliphatic heterocycles. The predicted molar refractivity (Wildman–Crippen MR) is 79.1 cm³/mol. The lowest BCUT2D eigenvalue weighted by molar-refractivity contribution is 0.0696. The van der Waals surface area contributed by atoms with Gasteiger partial charge in [-0.05, 0) is 37.5 Å². The zero-order valence-electron chi connectivity index (χ0n) is 12.3. The first-order chi connectivity index (χ1) is 9.88. The Hall–Kier alpha value is -1.44. The molecule has 0 heterocycles. The lowest BCUT2D eigenvalue weighted by atomic mass is 10.1. The van der Waals surface area contributed by atoms with Crippen LogP contribution in [0.4, 0.5) is 0 Å². The Balaban J connectivity index is 2.66. The number of ether oxygens (including phenoxy) is 1. The molecule has 0 aliphatic carbocycles. The summed E-state index contributed by atoms with van der Waals surface area (Å²) in [7, 11) is -3.69. The predicted octanol–water partition coefficient (Wildman–Crippen LogP) is 1.79. The van der Waals surface area contributed by atoms with Crippen LogP contribution in [0.1, 0.15) is 35.7 Å². The molecule has 0 saturated heterocycles. The highest BCUT2D eigenvalue weighted by atomic mass is 32.2. The minimum absolute atomic E-state index is 0.0100. The highest BCUT2D eigenvalue weighted by Crippen LogP contribution is 2.15. The van der Waals surface area contributed by atoms with E-state index in [2.05, 4.69) is 4.72 Å². The van der Waals surface area contributed by atoms with E-state index in [1.807, 2.05) is 6.92 Å². The number of hydrogen-bond donors (Lipinski definition) is 2. The molecule has 0 spiro atoms.